The summed E-state index contributed by atoms with van der Waals surface area (Å²) in [5.74, 6) is -0.140. The quantitative estimate of drug-likeness (QED) is 0.515. The number of rotatable bonds is 6. The fourth-order valence-corrected chi connectivity index (χ4v) is 3.87. The van der Waals surface area contributed by atoms with Gasteiger partial charge in [0.2, 0.25) is 5.91 Å². The molecular weight excluding hydrogens is 418 g/mol. The number of carbonyl (C=O) groups is 1. The third-order valence-corrected chi connectivity index (χ3v) is 5.99. The summed E-state index contributed by atoms with van der Waals surface area (Å²) in [4.78, 5) is 17.1. The van der Waals surface area contributed by atoms with Gasteiger partial charge < -0.3 is 10.2 Å². The van der Waals surface area contributed by atoms with Gasteiger partial charge in [0.25, 0.3) is 0 Å². The average molecular weight is 446 g/mol. The third kappa shape index (κ3) is 6.30. The maximum Gasteiger partial charge on any atom is 0.248 e. The second-order valence-corrected chi connectivity index (χ2v) is 8.66. The Morgan fingerprint density at radius 3 is 2.09 bits per heavy atom. The highest BCUT2D eigenvalue weighted by atomic mass is 35.5. The summed E-state index contributed by atoms with van der Waals surface area (Å²) in [7, 11) is 2.17. The molecule has 0 aliphatic carbocycles. The van der Waals surface area contributed by atoms with Crippen LogP contribution in [0.5, 0.6) is 0 Å². The van der Waals surface area contributed by atoms with Crippen molar-refractivity contribution in [1.29, 1.82) is 0 Å². The molecule has 3 aromatic carbocycles. The lowest BCUT2D eigenvalue weighted by molar-refractivity contribution is -0.111. The molecule has 0 atom stereocenters. The fourth-order valence-electron chi connectivity index (χ4n) is 3.74. The second-order valence-electron chi connectivity index (χ2n) is 8.23. The summed E-state index contributed by atoms with van der Waals surface area (Å²) in [5.41, 5.74) is 5.27. The number of nitrogens with one attached hydrogen (secondary N) is 1. The van der Waals surface area contributed by atoms with Crippen LogP contribution in [0.4, 0.5) is 5.69 Å². The van der Waals surface area contributed by atoms with Crippen molar-refractivity contribution >= 4 is 29.3 Å². The number of nitrogens with zero attached hydrogens (tertiary/aromatic N) is 2. The van der Waals surface area contributed by atoms with Crippen LogP contribution in [0.1, 0.15) is 11.1 Å². The van der Waals surface area contributed by atoms with Gasteiger partial charge in [-0.3, -0.25) is 9.69 Å². The minimum atomic E-state index is -0.140. The van der Waals surface area contributed by atoms with Crippen molar-refractivity contribution in [2.45, 2.75) is 6.54 Å². The molecule has 164 valence electrons. The van der Waals surface area contributed by atoms with Crippen molar-refractivity contribution in [1.82, 2.24) is 9.80 Å². The molecule has 1 N–H and O–H groups in total. The van der Waals surface area contributed by atoms with E-state index in [4.69, 9.17) is 11.6 Å². The van der Waals surface area contributed by atoms with Crippen LogP contribution < -0.4 is 5.32 Å². The second kappa shape index (κ2) is 10.6. The lowest BCUT2D eigenvalue weighted by atomic mass is 10.0. The van der Waals surface area contributed by atoms with Gasteiger partial charge in [0.1, 0.15) is 0 Å². The number of hydrogen-bond donors (Lipinski definition) is 1. The molecule has 1 aliphatic heterocycles. The Kier molecular flexibility index (Phi) is 7.38. The molecule has 5 heteroatoms. The van der Waals surface area contributed by atoms with Gasteiger partial charge in [-0.05, 0) is 59.6 Å². The number of halogens is 1. The Morgan fingerprint density at radius 1 is 0.875 bits per heavy atom. The van der Waals surface area contributed by atoms with Gasteiger partial charge in [-0.2, -0.15) is 0 Å². The predicted octanol–water partition coefficient (Wildman–Crippen LogP) is 5.41. The number of anilines is 1. The third-order valence-electron chi connectivity index (χ3n) is 5.74. The molecule has 0 unspecified atom stereocenters. The van der Waals surface area contributed by atoms with Gasteiger partial charge in [-0.25, -0.2) is 0 Å². The van der Waals surface area contributed by atoms with Crippen LogP contribution in [-0.4, -0.2) is 48.9 Å². The van der Waals surface area contributed by atoms with Gasteiger partial charge in [-0.15, -0.1) is 0 Å². The smallest absolute Gasteiger partial charge is 0.248 e. The minimum Gasteiger partial charge on any atom is -0.323 e. The minimum absolute atomic E-state index is 0.140. The summed E-state index contributed by atoms with van der Waals surface area (Å²) in [6, 6.07) is 24.0. The lowest BCUT2D eigenvalue weighted by Gasteiger charge is -2.32. The zero-order chi connectivity index (χ0) is 22.3. The largest absolute Gasteiger partial charge is 0.323 e. The van der Waals surface area contributed by atoms with Crippen molar-refractivity contribution in [3.8, 4) is 11.1 Å². The van der Waals surface area contributed by atoms with Crippen molar-refractivity contribution in [3.63, 3.8) is 0 Å². The van der Waals surface area contributed by atoms with E-state index in [0.717, 1.165) is 60.1 Å². The van der Waals surface area contributed by atoms with E-state index in [-0.39, 0.29) is 5.91 Å². The first-order valence-electron chi connectivity index (χ1n) is 10.9. The van der Waals surface area contributed by atoms with Crippen LogP contribution in [-0.2, 0) is 11.3 Å². The van der Waals surface area contributed by atoms with Crippen molar-refractivity contribution < 1.29 is 4.79 Å². The molecule has 1 heterocycles. The standard InChI is InChI=1S/C27H28ClN3O/c1-30-16-18-31(19-17-30)20-22-4-13-26(14-5-22)29-27(32)15-6-21-2-7-23(8-3-21)24-9-11-25(28)12-10-24/h2-15H,16-20H2,1H3,(H,29,32)/b15-6+. The SMILES string of the molecule is CN1CCN(Cc2ccc(NC(=O)/C=C/c3ccc(-c4ccc(Cl)cc4)cc3)cc2)CC1. The Hall–Kier alpha value is -2.92. The van der Waals surface area contributed by atoms with Crippen molar-refractivity contribution in [3.05, 3.63) is 95.0 Å². The van der Waals surface area contributed by atoms with Gasteiger partial charge in [-0.1, -0.05) is 60.1 Å². The number of likely N-dealkylation sites (N-methyl/N-ethyl adjacent to an activating group) is 1. The molecule has 0 aromatic heterocycles. The van der Waals surface area contributed by atoms with E-state index in [2.05, 4.69) is 34.3 Å². The van der Waals surface area contributed by atoms with E-state index in [0.29, 0.717) is 0 Å². The van der Waals surface area contributed by atoms with Gasteiger partial charge in [0.05, 0.1) is 0 Å². The molecule has 0 saturated carbocycles. The first kappa shape index (κ1) is 22.3. The molecule has 32 heavy (non-hydrogen) atoms. The number of piperazine rings is 1. The molecule has 1 aliphatic rings. The maximum absolute atomic E-state index is 12.3. The molecule has 4 nitrogen and oxygen atoms in total. The lowest BCUT2D eigenvalue weighted by Crippen LogP contribution is -2.43. The summed E-state index contributed by atoms with van der Waals surface area (Å²) in [6.45, 7) is 5.38. The summed E-state index contributed by atoms with van der Waals surface area (Å²) < 4.78 is 0. The monoisotopic (exact) mass is 445 g/mol. The van der Waals surface area contributed by atoms with Crippen LogP contribution in [0.3, 0.4) is 0 Å². The van der Waals surface area contributed by atoms with E-state index in [1.807, 2.05) is 66.7 Å². The van der Waals surface area contributed by atoms with E-state index in [1.54, 1.807) is 6.08 Å². The zero-order valence-corrected chi connectivity index (χ0v) is 19.1. The molecular formula is C27H28ClN3O. The fraction of sp³-hybridized carbons (Fsp3) is 0.222. The first-order chi connectivity index (χ1) is 15.5. The van der Waals surface area contributed by atoms with Gasteiger partial charge in [0.15, 0.2) is 0 Å². The Morgan fingerprint density at radius 2 is 1.47 bits per heavy atom. The van der Waals surface area contributed by atoms with E-state index in [9.17, 15) is 4.79 Å². The summed E-state index contributed by atoms with van der Waals surface area (Å²) >= 11 is 5.95. The van der Waals surface area contributed by atoms with E-state index < -0.39 is 0 Å². The molecule has 0 spiro atoms. The van der Waals surface area contributed by atoms with Gasteiger partial charge >= 0.3 is 0 Å². The van der Waals surface area contributed by atoms with E-state index in [1.165, 1.54) is 5.56 Å². The van der Waals surface area contributed by atoms with Gasteiger partial charge in [0, 0.05) is 49.5 Å². The summed E-state index contributed by atoms with van der Waals surface area (Å²) in [5, 5.41) is 3.66. The molecule has 0 bridgehead atoms. The Labute approximate surface area is 195 Å². The van der Waals surface area contributed by atoms with Crippen LogP contribution in [0.2, 0.25) is 5.02 Å². The first-order valence-corrected chi connectivity index (χ1v) is 11.3. The molecule has 3 aromatic rings. The van der Waals surface area contributed by atoms with Crippen LogP contribution in [0.15, 0.2) is 78.9 Å². The highest BCUT2D eigenvalue weighted by Crippen LogP contribution is 2.22. The van der Waals surface area contributed by atoms with Crippen LogP contribution >= 0.6 is 11.6 Å². The number of amides is 1. The molecule has 0 radical (unpaired) electrons. The number of hydrogen-bond acceptors (Lipinski definition) is 3. The van der Waals surface area contributed by atoms with Crippen molar-refractivity contribution in [2.24, 2.45) is 0 Å². The number of benzene rings is 3. The maximum atomic E-state index is 12.3. The average Bonchev–Trinajstić information content (AvgIpc) is 2.81. The van der Waals surface area contributed by atoms with Crippen molar-refractivity contribution in [2.75, 3.05) is 38.5 Å². The highest BCUT2D eigenvalue weighted by molar-refractivity contribution is 6.30. The molecule has 1 saturated heterocycles. The van der Waals surface area contributed by atoms with Crippen LogP contribution in [0.25, 0.3) is 17.2 Å². The predicted molar refractivity (Wildman–Crippen MR) is 134 cm³/mol. The topological polar surface area (TPSA) is 35.6 Å². The number of carbonyl (C=O) groups excluding carboxylic acids is 1. The zero-order valence-electron chi connectivity index (χ0n) is 18.3. The Bertz CT molecular complexity index is 1050. The van der Waals surface area contributed by atoms with Crippen LogP contribution in [0, 0.1) is 0 Å². The van der Waals surface area contributed by atoms with E-state index >= 15 is 0 Å². The molecule has 1 amide bonds. The highest BCUT2D eigenvalue weighted by Gasteiger charge is 2.13. The summed E-state index contributed by atoms with van der Waals surface area (Å²) in [6.07, 6.45) is 3.39. The molecule has 1 fully saturated rings. The Balaban J connectivity index is 1.29. The normalized spacial score (nSPS) is 15.2. The molecule has 4 rings (SSSR count).